The van der Waals surface area contributed by atoms with Gasteiger partial charge in [0.25, 0.3) is 0 Å². The molecule has 0 spiro atoms. The van der Waals surface area contributed by atoms with E-state index in [0.717, 1.165) is 22.4 Å². The molecule has 0 aromatic heterocycles. The van der Waals surface area contributed by atoms with E-state index in [4.69, 9.17) is 22.1 Å². The van der Waals surface area contributed by atoms with Gasteiger partial charge in [-0.15, -0.1) is 0 Å². The van der Waals surface area contributed by atoms with Gasteiger partial charge >= 0.3 is 0 Å². The van der Waals surface area contributed by atoms with E-state index in [1.807, 2.05) is 41.6 Å². The molecule has 0 fully saturated rings. The van der Waals surface area contributed by atoms with Crippen LogP contribution < -0.4 is 15.9 Å². The minimum Gasteiger partial charge on any atom is -0.494 e. The largest absolute Gasteiger partial charge is 0.494 e. The molecule has 4 nitrogen and oxygen atoms in total. The van der Waals surface area contributed by atoms with Crippen LogP contribution in [0.5, 0.6) is 5.75 Å². The maximum atomic E-state index is 14.0. The van der Waals surface area contributed by atoms with E-state index in [1.54, 1.807) is 12.1 Å². The number of nitrogens with two attached hydrogens (primary N) is 1. The quantitative estimate of drug-likeness (QED) is 0.854. The van der Waals surface area contributed by atoms with Crippen molar-refractivity contribution < 1.29 is 9.13 Å². The summed E-state index contributed by atoms with van der Waals surface area (Å²) in [7, 11) is 1.44. The number of halogens is 2. The van der Waals surface area contributed by atoms with Crippen LogP contribution in [0, 0.1) is 5.82 Å². The maximum absolute atomic E-state index is 14.0. The highest BCUT2D eigenvalue weighted by atomic mass is 35.5. The molecule has 6 heteroatoms. The monoisotopic (exact) mass is 359 g/mol. The maximum Gasteiger partial charge on any atom is 0.165 e. The van der Waals surface area contributed by atoms with Crippen LogP contribution in [-0.4, -0.2) is 18.7 Å². The van der Waals surface area contributed by atoms with Gasteiger partial charge in [0.15, 0.2) is 11.6 Å². The van der Waals surface area contributed by atoms with Gasteiger partial charge in [-0.05, 0) is 47.5 Å². The van der Waals surface area contributed by atoms with Gasteiger partial charge in [-0.1, -0.05) is 23.7 Å². The molecule has 0 unspecified atom stereocenters. The first-order valence-electron chi connectivity index (χ1n) is 7.83. The van der Waals surface area contributed by atoms with Crippen molar-refractivity contribution >= 4 is 17.3 Å². The first-order chi connectivity index (χ1) is 12.1. The third kappa shape index (κ3) is 4.13. The second-order valence-electron chi connectivity index (χ2n) is 5.68. The smallest absolute Gasteiger partial charge is 0.165 e. The summed E-state index contributed by atoms with van der Waals surface area (Å²) >= 11 is 5.93. The first-order valence-corrected chi connectivity index (χ1v) is 8.21. The number of nitrogens with one attached hydrogen (secondary N) is 1. The standard InChI is InChI=1S/C19H19ClFN3O/c1-25-19-7-4-15(9-17(19)21)18-8-14(10-22)12-24(23-18)11-13-2-5-16(20)6-3-13/h2-9,12,23H,10-11,22H2,1H3. The van der Waals surface area contributed by atoms with E-state index in [0.29, 0.717) is 18.1 Å². The Kier molecular flexibility index (Phi) is 5.26. The molecular weight excluding hydrogens is 341 g/mol. The van der Waals surface area contributed by atoms with Crippen LogP contribution in [0.1, 0.15) is 11.1 Å². The molecule has 0 bridgehead atoms. The molecule has 0 saturated carbocycles. The summed E-state index contributed by atoms with van der Waals surface area (Å²) in [6.45, 7) is 1.01. The molecule has 0 radical (unpaired) electrons. The first kappa shape index (κ1) is 17.3. The normalized spacial score (nSPS) is 13.8. The summed E-state index contributed by atoms with van der Waals surface area (Å²) in [4.78, 5) is 0. The molecule has 1 aliphatic rings. The third-order valence-electron chi connectivity index (χ3n) is 3.88. The average molecular weight is 360 g/mol. The van der Waals surface area contributed by atoms with E-state index in [-0.39, 0.29) is 5.75 Å². The zero-order valence-electron chi connectivity index (χ0n) is 13.8. The Balaban J connectivity index is 1.83. The van der Waals surface area contributed by atoms with E-state index < -0.39 is 5.82 Å². The second kappa shape index (κ2) is 7.59. The number of benzene rings is 2. The Morgan fingerprint density at radius 1 is 1.20 bits per heavy atom. The van der Waals surface area contributed by atoms with Crippen LogP contribution in [0.2, 0.25) is 5.02 Å². The fourth-order valence-electron chi connectivity index (χ4n) is 2.61. The lowest BCUT2D eigenvalue weighted by Crippen LogP contribution is -2.35. The van der Waals surface area contributed by atoms with E-state index in [9.17, 15) is 4.39 Å². The Morgan fingerprint density at radius 3 is 2.60 bits per heavy atom. The summed E-state index contributed by atoms with van der Waals surface area (Å²) in [6.07, 6.45) is 3.86. The van der Waals surface area contributed by atoms with Crippen molar-refractivity contribution in [1.29, 1.82) is 0 Å². The predicted octanol–water partition coefficient (Wildman–Crippen LogP) is 3.69. The minimum atomic E-state index is -0.407. The minimum absolute atomic E-state index is 0.216. The number of nitrogens with zero attached hydrogens (tertiary/aromatic N) is 1. The average Bonchev–Trinajstić information content (AvgIpc) is 2.63. The SMILES string of the molecule is COc1ccc(C2=CC(CN)=CN(Cc3ccc(Cl)cc3)N2)cc1F. The molecule has 3 N–H and O–H groups in total. The Morgan fingerprint density at radius 2 is 1.96 bits per heavy atom. The number of ether oxygens (including phenoxy) is 1. The lowest BCUT2D eigenvalue weighted by molar-refractivity contribution is 0.310. The molecule has 2 aromatic carbocycles. The zero-order valence-corrected chi connectivity index (χ0v) is 14.6. The summed E-state index contributed by atoms with van der Waals surface area (Å²) in [5.41, 5.74) is 12.6. The van der Waals surface area contributed by atoms with Crippen LogP contribution in [0.15, 0.2) is 60.3 Å². The summed E-state index contributed by atoms with van der Waals surface area (Å²) in [5.74, 6) is -0.191. The molecule has 3 rings (SSSR count). The topological polar surface area (TPSA) is 50.5 Å². The molecule has 130 valence electrons. The lowest BCUT2D eigenvalue weighted by Gasteiger charge is -2.29. The van der Waals surface area contributed by atoms with Crippen LogP contribution in [0.4, 0.5) is 4.39 Å². The van der Waals surface area contributed by atoms with Crippen molar-refractivity contribution in [3.63, 3.8) is 0 Å². The highest BCUT2D eigenvalue weighted by Crippen LogP contribution is 2.25. The molecular formula is C19H19ClFN3O. The molecule has 0 atom stereocenters. The van der Waals surface area contributed by atoms with Crippen molar-refractivity contribution in [3.8, 4) is 5.75 Å². The van der Waals surface area contributed by atoms with Gasteiger partial charge in [-0.2, -0.15) is 0 Å². The molecule has 2 aromatic rings. The number of hydrogen-bond donors (Lipinski definition) is 2. The molecule has 0 amide bonds. The van der Waals surface area contributed by atoms with Crippen LogP contribution in [0.3, 0.4) is 0 Å². The zero-order chi connectivity index (χ0) is 17.8. The fraction of sp³-hybridized carbons (Fsp3) is 0.158. The van der Waals surface area contributed by atoms with Gasteiger partial charge in [-0.3, -0.25) is 10.4 Å². The van der Waals surface area contributed by atoms with Gasteiger partial charge in [-0.25, -0.2) is 4.39 Å². The number of hydrogen-bond acceptors (Lipinski definition) is 4. The van der Waals surface area contributed by atoms with Gasteiger partial charge in [0, 0.05) is 23.3 Å². The lowest BCUT2D eigenvalue weighted by atomic mass is 10.1. The third-order valence-corrected chi connectivity index (χ3v) is 4.13. The van der Waals surface area contributed by atoms with Crippen molar-refractivity contribution in [2.75, 3.05) is 13.7 Å². The molecule has 0 saturated heterocycles. The molecule has 1 heterocycles. The van der Waals surface area contributed by atoms with E-state index >= 15 is 0 Å². The number of rotatable bonds is 5. The van der Waals surface area contributed by atoms with Gasteiger partial charge in [0.05, 0.1) is 19.4 Å². The predicted molar refractivity (Wildman–Crippen MR) is 98.2 cm³/mol. The molecule has 0 aliphatic carbocycles. The highest BCUT2D eigenvalue weighted by molar-refractivity contribution is 6.30. The Bertz CT molecular complexity index is 818. The van der Waals surface area contributed by atoms with Gasteiger partial charge < -0.3 is 10.5 Å². The van der Waals surface area contributed by atoms with Crippen LogP contribution in [-0.2, 0) is 6.54 Å². The summed E-state index contributed by atoms with van der Waals surface area (Å²) in [6, 6.07) is 12.5. The Labute approximate surface area is 151 Å². The van der Waals surface area contributed by atoms with Gasteiger partial charge in [0.2, 0.25) is 0 Å². The van der Waals surface area contributed by atoms with E-state index in [2.05, 4.69) is 5.43 Å². The van der Waals surface area contributed by atoms with E-state index in [1.165, 1.54) is 13.2 Å². The number of methoxy groups -OCH3 is 1. The van der Waals surface area contributed by atoms with Crippen molar-refractivity contribution in [1.82, 2.24) is 10.4 Å². The number of hydrazine groups is 1. The molecule has 1 aliphatic heterocycles. The van der Waals surface area contributed by atoms with Gasteiger partial charge in [0.1, 0.15) is 0 Å². The Hall–Kier alpha value is -2.50. The van der Waals surface area contributed by atoms with Crippen molar-refractivity contribution in [3.05, 3.63) is 82.3 Å². The van der Waals surface area contributed by atoms with Crippen LogP contribution in [0.25, 0.3) is 5.70 Å². The fourth-order valence-corrected chi connectivity index (χ4v) is 2.73. The van der Waals surface area contributed by atoms with Crippen molar-refractivity contribution in [2.45, 2.75) is 6.54 Å². The van der Waals surface area contributed by atoms with Crippen LogP contribution >= 0.6 is 11.6 Å². The summed E-state index contributed by atoms with van der Waals surface area (Å²) in [5, 5.41) is 2.62. The van der Waals surface area contributed by atoms with Crippen molar-refractivity contribution in [2.24, 2.45) is 5.73 Å². The molecule has 25 heavy (non-hydrogen) atoms. The second-order valence-corrected chi connectivity index (χ2v) is 6.12. The highest BCUT2D eigenvalue weighted by Gasteiger charge is 2.14. The summed E-state index contributed by atoms with van der Waals surface area (Å²) < 4.78 is 19.0.